The maximum absolute atomic E-state index is 13.6. The second-order valence-corrected chi connectivity index (χ2v) is 12.1. The molecule has 7 heteroatoms. The molecule has 1 aliphatic carbocycles. The maximum atomic E-state index is 13.6. The molecule has 0 saturated heterocycles. The van der Waals surface area contributed by atoms with Crippen LogP contribution in [0.5, 0.6) is 0 Å². The summed E-state index contributed by atoms with van der Waals surface area (Å²) in [7, 11) is 0. The first-order valence-electron chi connectivity index (χ1n) is 12.5. The van der Waals surface area contributed by atoms with Crippen LogP contribution in [0.1, 0.15) is 47.4 Å². The van der Waals surface area contributed by atoms with Crippen molar-refractivity contribution in [3.8, 4) is 6.07 Å². The Balaban J connectivity index is 1.62. The molecule has 0 bridgehead atoms. The number of nitrogens with zero attached hydrogens (tertiary/aromatic N) is 2. The second kappa shape index (κ2) is 11.0. The Morgan fingerprint density at radius 3 is 2.50 bits per heavy atom. The fourth-order valence-corrected chi connectivity index (χ4v) is 6.73. The molecular formula is C31H27BrClN3OS. The third-order valence-corrected chi connectivity index (χ3v) is 9.06. The van der Waals surface area contributed by atoms with E-state index < -0.39 is 5.92 Å². The van der Waals surface area contributed by atoms with Gasteiger partial charge >= 0.3 is 0 Å². The van der Waals surface area contributed by atoms with Gasteiger partial charge < -0.3 is 5.73 Å². The summed E-state index contributed by atoms with van der Waals surface area (Å²) in [5.74, 6) is 0.775. The highest BCUT2D eigenvalue weighted by Crippen LogP contribution is 2.47. The van der Waals surface area contributed by atoms with Crippen molar-refractivity contribution >= 4 is 50.8 Å². The van der Waals surface area contributed by atoms with Crippen molar-refractivity contribution in [2.75, 3.05) is 4.90 Å². The van der Waals surface area contributed by atoms with Gasteiger partial charge in [0.1, 0.15) is 5.82 Å². The van der Waals surface area contributed by atoms with Crippen LogP contribution < -0.4 is 10.6 Å². The van der Waals surface area contributed by atoms with Gasteiger partial charge in [-0.05, 0) is 91.9 Å². The Morgan fingerprint density at radius 1 is 1.11 bits per heavy atom. The summed E-state index contributed by atoms with van der Waals surface area (Å²) >= 11 is 11.3. The number of ketones is 1. The van der Waals surface area contributed by atoms with E-state index in [0.717, 1.165) is 56.0 Å². The minimum Gasteiger partial charge on any atom is -0.384 e. The van der Waals surface area contributed by atoms with Gasteiger partial charge in [-0.15, -0.1) is 11.8 Å². The number of allylic oxidation sites excluding steroid dienone is 3. The molecule has 192 valence electrons. The van der Waals surface area contributed by atoms with Crippen molar-refractivity contribution in [2.24, 2.45) is 5.73 Å². The van der Waals surface area contributed by atoms with Crippen molar-refractivity contribution in [1.82, 2.24) is 0 Å². The first kappa shape index (κ1) is 26.6. The van der Waals surface area contributed by atoms with E-state index in [1.165, 1.54) is 5.56 Å². The number of aryl methyl sites for hydroxylation is 1. The van der Waals surface area contributed by atoms with Crippen LogP contribution in [0.4, 0.5) is 5.69 Å². The van der Waals surface area contributed by atoms with E-state index in [1.807, 2.05) is 53.4 Å². The molecule has 2 N–H and O–H groups in total. The van der Waals surface area contributed by atoms with Crippen LogP contribution in [-0.2, 0) is 10.5 Å². The van der Waals surface area contributed by atoms with E-state index in [9.17, 15) is 10.1 Å². The number of hydrogen-bond acceptors (Lipinski definition) is 5. The lowest BCUT2D eigenvalue weighted by Gasteiger charge is -2.40. The van der Waals surface area contributed by atoms with Gasteiger partial charge in [0.25, 0.3) is 0 Å². The van der Waals surface area contributed by atoms with Crippen LogP contribution in [-0.4, -0.2) is 5.78 Å². The van der Waals surface area contributed by atoms with E-state index >= 15 is 0 Å². The average Bonchev–Trinajstić information content (AvgIpc) is 2.90. The Labute approximate surface area is 241 Å². The first-order valence-corrected chi connectivity index (χ1v) is 14.6. The van der Waals surface area contributed by atoms with Crippen LogP contribution in [0.3, 0.4) is 0 Å². The van der Waals surface area contributed by atoms with Gasteiger partial charge in [0.2, 0.25) is 0 Å². The Hall–Kier alpha value is -2.98. The van der Waals surface area contributed by atoms with E-state index in [4.69, 9.17) is 17.3 Å². The van der Waals surface area contributed by atoms with Gasteiger partial charge in [-0.3, -0.25) is 9.69 Å². The number of anilines is 1. The van der Waals surface area contributed by atoms with Crippen LogP contribution in [0.15, 0.2) is 92.7 Å². The van der Waals surface area contributed by atoms with E-state index in [2.05, 4.69) is 48.0 Å². The summed E-state index contributed by atoms with van der Waals surface area (Å²) in [6.45, 7) is 4.15. The molecule has 2 aliphatic rings. The van der Waals surface area contributed by atoms with Crippen molar-refractivity contribution in [3.63, 3.8) is 0 Å². The van der Waals surface area contributed by atoms with Crippen molar-refractivity contribution in [2.45, 2.75) is 49.7 Å². The lowest BCUT2D eigenvalue weighted by atomic mass is 9.73. The third-order valence-electron chi connectivity index (χ3n) is 7.22. The number of rotatable bonds is 5. The van der Waals surface area contributed by atoms with Gasteiger partial charge in [-0.2, -0.15) is 5.26 Å². The predicted octanol–water partition coefficient (Wildman–Crippen LogP) is 8.32. The molecule has 3 aromatic carbocycles. The molecule has 0 radical (unpaired) electrons. The minimum absolute atomic E-state index is 0.0941. The molecular weight excluding hydrogens is 578 g/mol. The number of carbonyl (C=O) groups excluding carboxylic acids is 1. The Kier molecular flexibility index (Phi) is 7.72. The summed E-state index contributed by atoms with van der Waals surface area (Å²) in [5, 5.41) is 11.1. The summed E-state index contributed by atoms with van der Waals surface area (Å²) in [4.78, 5) is 16.6. The summed E-state index contributed by atoms with van der Waals surface area (Å²) in [6, 6.07) is 22.3. The van der Waals surface area contributed by atoms with Gasteiger partial charge in [0, 0.05) is 43.5 Å². The van der Waals surface area contributed by atoms with Crippen LogP contribution in [0.2, 0.25) is 5.02 Å². The lowest BCUT2D eigenvalue weighted by molar-refractivity contribution is -0.116. The zero-order valence-corrected chi connectivity index (χ0v) is 24.4. The molecule has 0 saturated carbocycles. The van der Waals surface area contributed by atoms with Crippen molar-refractivity contribution < 1.29 is 4.79 Å². The molecule has 0 fully saturated rings. The number of Topliss-reactive ketones (excluding diaryl/α,β-unsaturated/α-hetero) is 1. The highest BCUT2D eigenvalue weighted by molar-refractivity contribution is 9.10. The number of halogens is 2. The van der Waals surface area contributed by atoms with E-state index in [0.29, 0.717) is 28.4 Å². The predicted molar refractivity (Wildman–Crippen MR) is 159 cm³/mol. The quantitative estimate of drug-likeness (QED) is 0.297. The number of nitrogens with two attached hydrogens (primary N) is 1. The van der Waals surface area contributed by atoms with Gasteiger partial charge in [0.15, 0.2) is 5.78 Å². The molecule has 0 amide bonds. The lowest BCUT2D eigenvalue weighted by Crippen LogP contribution is -2.39. The van der Waals surface area contributed by atoms with Gasteiger partial charge in [-0.1, -0.05) is 45.2 Å². The number of benzene rings is 3. The first-order chi connectivity index (χ1) is 18.3. The molecule has 1 unspecified atom stereocenters. The molecule has 4 nitrogen and oxygen atoms in total. The molecule has 0 spiro atoms. The highest BCUT2D eigenvalue weighted by atomic mass is 79.9. The molecule has 0 aromatic heterocycles. The fourth-order valence-electron chi connectivity index (χ4n) is 5.39. The van der Waals surface area contributed by atoms with Gasteiger partial charge in [0.05, 0.1) is 17.6 Å². The Bertz CT molecular complexity index is 1520. The van der Waals surface area contributed by atoms with Gasteiger partial charge in [-0.25, -0.2) is 0 Å². The normalized spacial score (nSPS) is 17.5. The summed E-state index contributed by atoms with van der Waals surface area (Å²) < 4.78 is 0.951. The standard InChI is InChI=1S/C31H27BrClN3OS/c1-18-14-20(17-38-24-12-8-22(33)9-13-24)19(2)25(15-18)29-26(16-34)31(35)36(23-10-6-21(32)7-11-23)27-4-3-5-28(37)30(27)29/h6-15,29H,3-5,17,35H2,1-2H3. The largest absolute Gasteiger partial charge is 0.384 e. The van der Waals surface area contributed by atoms with E-state index in [-0.39, 0.29) is 5.78 Å². The monoisotopic (exact) mass is 603 g/mol. The van der Waals surface area contributed by atoms with Crippen molar-refractivity contribution in [1.29, 1.82) is 5.26 Å². The smallest absolute Gasteiger partial charge is 0.161 e. The Morgan fingerprint density at radius 2 is 1.82 bits per heavy atom. The number of thioether (sulfide) groups is 1. The zero-order chi connectivity index (χ0) is 27.0. The minimum atomic E-state index is -0.478. The number of carbonyl (C=O) groups is 1. The van der Waals surface area contributed by atoms with E-state index in [1.54, 1.807) is 11.8 Å². The SMILES string of the molecule is Cc1cc(CSc2ccc(Cl)cc2)c(C)c(C2C(C#N)=C(N)N(c3ccc(Br)cc3)C3=C2C(=O)CCC3)c1. The topological polar surface area (TPSA) is 70.1 Å². The molecule has 5 rings (SSSR count). The fraction of sp³-hybridized carbons (Fsp3) is 0.226. The highest BCUT2D eigenvalue weighted by Gasteiger charge is 2.41. The van der Waals surface area contributed by atoms with Crippen LogP contribution in [0.25, 0.3) is 0 Å². The zero-order valence-electron chi connectivity index (χ0n) is 21.2. The molecule has 1 aliphatic heterocycles. The molecule has 3 aromatic rings. The molecule has 38 heavy (non-hydrogen) atoms. The average molecular weight is 605 g/mol. The summed E-state index contributed by atoms with van der Waals surface area (Å²) in [6.07, 6.45) is 1.98. The molecule has 1 atom stereocenters. The second-order valence-electron chi connectivity index (χ2n) is 9.67. The summed E-state index contributed by atoms with van der Waals surface area (Å²) in [5.41, 5.74) is 14.0. The van der Waals surface area contributed by atoms with Crippen molar-refractivity contribution in [3.05, 3.63) is 115 Å². The van der Waals surface area contributed by atoms with Crippen LogP contribution >= 0.6 is 39.3 Å². The molecule has 1 heterocycles. The number of nitriles is 1. The third kappa shape index (κ3) is 5.03. The maximum Gasteiger partial charge on any atom is 0.161 e. The number of hydrogen-bond donors (Lipinski definition) is 1. The van der Waals surface area contributed by atoms with Crippen LogP contribution in [0, 0.1) is 25.2 Å².